The highest BCUT2D eigenvalue weighted by atomic mass is 15.2. The van der Waals surface area contributed by atoms with E-state index in [2.05, 4.69) is 168 Å². The molecular weight excluding hydrogens is 595 g/mol. The highest BCUT2D eigenvalue weighted by Crippen LogP contribution is 2.51. The zero-order valence-corrected chi connectivity index (χ0v) is 26.4. The summed E-state index contributed by atoms with van der Waals surface area (Å²) in [4.78, 5) is 11.0. The molecule has 49 heavy (non-hydrogen) atoms. The summed E-state index contributed by atoms with van der Waals surface area (Å²) in [5.74, 6) is 0.666. The third kappa shape index (κ3) is 3.67. The van der Waals surface area contributed by atoms with Gasteiger partial charge in [-0.15, -0.1) is 0 Å². The van der Waals surface area contributed by atoms with E-state index >= 15 is 0 Å². The Bertz CT molecular complexity index is 2980. The van der Waals surface area contributed by atoms with Crippen molar-refractivity contribution in [3.05, 3.63) is 164 Å². The number of nitrogens with zero attached hydrogens (tertiary/aromatic N) is 3. The van der Waals surface area contributed by atoms with E-state index in [1.54, 1.807) is 0 Å². The number of hydrogen-bond acceptors (Lipinski definition) is 2. The molecule has 0 radical (unpaired) electrons. The van der Waals surface area contributed by atoms with Gasteiger partial charge in [-0.05, 0) is 56.1 Å². The average Bonchev–Trinajstić information content (AvgIpc) is 3.45. The van der Waals surface area contributed by atoms with Gasteiger partial charge in [0.25, 0.3) is 0 Å². The van der Waals surface area contributed by atoms with Gasteiger partial charge in [-0.3, -0.25) is 4.57 Å². The van der Waals surface area contributed by atoms with Crippen LogP contribution in [0.4, 0.5) is 0 Å². The fourth-order valence-corrected chi connectivity index (χ4v) is 8.26. The van der Waals surface area contributed by atoms with Crippen LogP contribution in [0.25, 0.3) is 105 Å². The van der Waals surface area contributed by atoms with Crippen molar-refractivity contribution in [2.24, 2.45) is 0 Å². The molecule has 10 aromatic rings. The summed E-state index contributed by atoms with van der Waals surface area (Å²) in [7, 11) is 0. The quantitative estimate of drug-likeness (QED) is 0.180. The number of benzene rings is 8. The van der Waals surface area contributed by atoms with E-state index in [4.69, 9.17) is 9.97 Å². The molecular formula is C46H27N3. The lowest BCUT2D eigenvalue weighted by Crippen LogP contribution is -2.05. The van der Waals surface area contributed by atoms with E-state index in [1.165, 1.54) is 54.9 Å². The van der Waals surface area contributed by atoms with Gasteiger partial charge < -0.3 is 0 Å². The predicted molar refractivity (Wildman–Crippen MR) is 204 cm³/mol. The molecule has 2 heterocycles. The third-order valence-corrected chi connectivity index (χ3v) is 10.3. The van der Waals surface area contributed by atoms with Crippen molar-refractivity contribution < 1.29 is 0 Å². The number of hydrogen-bond donors (Lipinski definition) is 0. The van der Waals surface area contributed by atoms with Gasteiger partial charge in [-0.2, -0.15) is 0 Å². The molecule has 0 unspecified atom stereocenters. The Hall–Kier alpha value is -6.58. The van der Waals surface area contributed by atoms with Crippen LogP contribution in [-0.4, -0.2) is 14.5 Å². The Kier molecular flexibility index (Phi) is 5.38. The minimum atomic E-state index is 0.666. The van der Waals surface area contributed by atoms with Crippen LogP contribution < -0.4 is 0 Å². The lowest BCUT2D eigenvalue weighted by atomic mass is 9.91. The zero-order chi connectivity index (χ0) is 32.1. The Balaban J connectivity index is 1.36. The Morgan fingerprint density at radius 3 is 1.90 bits per heavy atom. The van der Waals surface area contributed by atoms with Gasteiger partial charge in [0.05, 0.1) is 22.2 Å². The largest absolute Gasteiger partial charge is 0.277 e. The summed E-state index contributed by atoms with van der Waals surface area (Å²) in [6, 6.07) is 59.0. The topological polar surface area (TPSA) is 30.7 Å². The van der Waals surface area contributed by atoms with Gasteiger partial charge in [-0.25, -0.2) is 9.97 Å². The van der Waals surface area contributed by atoms with Crippen molar-refractivity contribution in [3.8, 4) is 50.6 Å². The summed E-state index contributed by atoms with van der Waals surface area (Å²) < 4.78 is 2.32. The first-order valence-corrected chi connectivity index (χ1v) is 16.8. The van der Waals surface area contributed by atoms with Gasteiger partial charge in [0, 0.05) is 32.7 Å². The Labute approximate surface area is 282 Å². The Morgan fingerprint density at radius 2 is 1.04 bits per heavy atom. The van der Waals surface area contributed by atoms with E-state index in [9.17, 15) is 0 Å². The van der Waals surface area contributed by atoms with Crippen molar-refractivity contribution in [1.82, 2.24) is 14.5 Å². The molecule has 8 aromatic carbocycles. The normalized spacial score (nSPS) is 12.1. The van der Waals surface area contributed by atoms with Gasteiger partial charge in [0.2, 0.25) is 5.95 Å². The summed E-state index contributed by atoms with van der Waals surface area (Å²) in [6.07, 6.45) is 0. The molecule has 0 N–H and O–H groups in total. The summed E-state index contributed by atoms with van der Waals surface area (Å²) in [6.45, 7) is 0. The van der Waals surface area contributed by atoms with Crippen LogP contribution in [0.1, 0.15) is 0 Å². The highest BCUT2D eigenvalue weighted by Gasteiger charge is 2.27. The lowest BCUT2D eigenvalue weighted by Gasteiger charge is -2.17. The molecule has 0 bridgehead atoms. The molecule has 0 spiro atoms. The lowest BCUT2D eigenvalue weighted by molar-refractivity contribution is 1.02. The van der Waals surface area contributed by atoms with Crippen LogP contribution in [0, 0.1) is 0 Å². The van der Waals surface area contributed by atoms with E-state index in [0.717, 1.165) is 44.0 Å². The second-order valence-electron chi connectivity index (χ2n) is 12.9. The maximum atomic E-state index is 5.49. The Morgan fingerprint density at radius 1 is 0.388 bits per heavy atom. The fourth-order valence-electron chi connectivity index (χ4n) is 8.26. The molecule has 0 fully saturated rings. The molecule has 3 nitrogen and oxygen atoms in total. The first-order valence-electron chi connectivity index (χ1n) is 16.8. The maximum Gasteiger partial charge on any atom is 0.235 e. The number of rotatable bonds is 2. The second-order valence-corrected chi connectivity index (χ2v) is 12.9. The molecule has 0 atom stereocenters. The van der Waals surface area contributed by atoms with Crippen LogP contribution in [-0.2, 0) is 0 Å². The molecule has 11 rings (SSSR count). The van der Waals surface area contributed by atoms with E-state index in [0.29, 0.717) is 5.95 Å². The zero-order valence-electron chi connectivity index (χ0n) is 26.4. The van der Waals surface area contributed by atoms with E-state index in [-0.39, 0.29) is 0 Å². The SMILES string of the molecule is c1ccc(-c2nc(-n3c4ccccc4c4ccc5c(c43)-c3ccccc3-c3cccc4cccc-5c34)nc3c2ccc2ccccc23)cc1. The molecule has 226 valence electrons. The van der Waals surface area contributed by atoms with E-state index in [1.807, 2.05) is 0 Å². The van der Waals surface area contributed by atoms with E-state index < -0.39 is 0 Å². The summed E-state index contributed by atoms with van der Waals surface area (Å²) >= 11 is 0. The van der Waals surface area contributed by atoms with Crippen LogP contribution in [0.5, 0.6) is 0 Å². The number of aromatic nitrogens is 3. The van der Waals surface area contributed by atoms with Crippen molar-refractivity contribution >= 4 is 54.3 Å². The van der Waals surface area contributed by atoms with Crippen LogP contribution in [0.15, 0.2) is 164 Å². The van der Waals surface area contributed by atoms with Gasteiger partial charge in [0.15, 0.2) is 0 Å². The second kappa shape index (κ2) is 9.96. The monoisotopic (exact) mass is 621 g/mol. The first kappa shape index (κ1) is 26.5. The molecule has 2 aromatic heterocycles. The van der Waals surface area contributed by atoms with Crippen LogP contribution >= 0.6 is 0 Å². The van der Waals surface area contributed by atoms with Crippen molar-refractivity contribution in [1.29, 1.82) is 0 Å². The van der Waals surface area contributed by atoms with Gasteiger partial charge >= 0.3 is 0 Å². The molecule has 3 heteroatoms. The molecule has 0 aliphatic heterocycles. The predicted octanol–water partition coefficient (Wildman–Crippen LogP) is 12.0. The minimum Gasteiger partial charge on any atom is -0.277 e. The smallest absolute Gasteiger partial charge is 0.235 e. The highest BCUT2D eigenvalue weighted by molar-refractivity contribution is 6.22. The summed E-state index contributed by atoms with van der Waals surface area (Å²) in [5, 5.41) is 8.22. The van der Waals surface area contributed by atoms with Crippen molar-refractivity contribution in [2.45, 2.75) is 0 Å². The molecule has 0 saturated heterocycles. The summed E-state index contributed by atoms with van der Waals surface area (Å²) in [5.41, 5.74) is 12.5. The minimum absolute atomic E-state index is 0.666. The van der Waals surface area contributed by atoms with Gasteiger partial charge in [-0.1, -0.05) is 152 Å². The van der Waals surface area contributed by atoms with Gasteiger partial charge in [0.1, 0.15) is 0 Å². The standard InChI is InChI=1S/C46H27N3/c1-2-13-30(14-3-1)43-39-25-24-28-12-4-5-17-31(28)44(39)48-46(47-43)49-40-23-9-8-19-33(40)38-27-26-37-36-22-11-16-29-15-10-21-34(41(29)36)32-18-6-7-20-35(32)42(37)45(38)49/h1-27H. The molecule has 0 amide bonds. The van der Waals surface area contributed by atoms with Crippen molar-refractivity contribution in [2.75, 3.05) is 0 Å². The van der Waals surface area contributed by atoms with Crippen LogP contribution in [0.2, 0.25) is 0 Å². The molecule has 1 aliphatic carbocycles. The third-order valence-electron chi connectivity index (χ3n) is 10.3. The average molecular weight is 622 g/mol. The van der Waals surface area contributed by atoms with Crippen LogP contribution in [0.3, 0.4) is 0 Å². The maximum absolute atomic E-state index is 5.49. The number of fused-ring (bicyclic) bond motifs is 12. The number of para-hydroxylation sites is 1. The molecule has 1 aliphatic rings. The first-order chi connectivity index (χ1) is 24.3. The molecule has 0 saturated carbocycles. The fraction of sp³-hybridized carbons (Fsp3) is 0. The van der Waals surface area contributed by atoms with Crippen molar-refractivity contribution in [3.63, 3.8) is 0 Å².